The minimum atomic E-state index is 0.138. The molecule has 20 heavy (non-hydrogen) atoms. The molecule has 0 atom stereocenters. The molecule has 0 unspecified atom stereocenters. The third kappa shape index (κ3) is 4.31. The molecular weight excluding hydrogens is 250 g/mol. The highest BCUT2D eigenvalue weighted by Crippen LogP contribution is 2.19. The molecule has 0 radical (unpaired) electrons. The van der Waals surface area contributed by atoms with Crippen LogP contribution in [0.1, 0.15) is 32.8 Å². The van der Waals surface area contributed by atoms with Gasteiger partial charge in [0.1, 0.15) is 5.75 Å². The Morgan fingerprint density at radius 1 is 1.15 bits per heavy atom. The van der Waals surface area contributed by atoms with Gasteiger partial charge in [-0.1, -0.05) is 19.1 Å². The molecule has 4 heteroatoms. The maximum absolute atomic E-state index is 5.63. The molecule has 0 aliphatic carbocycles. The molecular formula is C16H21N3O. The van der Waals surface area contributed by atoms with E-state index in [2.05, 4.69) is 42.1 Å². The van der Waals surface area contributed by atoms with Crippen molar-refractivity contribution in [3.8, 4) is 11.8 Å². The van der Waals surface area contributed by atoms with Crippen molar-refractivity contribution in [2.24, 2.45) is 0 Å². The summed E-state index contributed by atoms with van der Waals surface area (Å²) in [7, 11) is 0. The van der Waals surface area contributed by atoms with Crippen molar-refractivity contribution in [3.63, 3.8) is 0 Å². The Labute approximate surface area is 120 Å². The minimum absolute atomic E-state index is 0.138. The molecule has 0 spiro atoms. The van der Waals surface area contributed by atoms with Crippen LogP contribution in [0.25, 0.3) is 0 Å². The van der Waals surface area contributed by atoms with Crippen LogP contribution in [0, 0.1) is 0 Å². The predicted molar refractivity (Wildman–Crippen MR) is 79.8 cm³/mol. The van der Waals surface area contributed by atoms with Gasteiger partial charge in [-0.2, -0.15) is 0 Å². The number of hydrogen-bond acceptors (Lipinski definition) is 4. The Morgan fingerprint density at radius 3 is 2.60 bits per heavy atom. The van der Waals surface area contributed by atoms with Gasteiger partial charge in [0.05, 0.1) is 0 Å². The number of ether oxygens (including phenoxy) is 1. The summed E-state index contributed by atoms with van der Waals surface area (Å²) in [5.74, 6) is 0.754. The van der Waals surface area contributed by atoms with Gasteiger partial charge in [0.15, 0.2) is 0 Å². The van der Waals surface area contributed by atoms with Crippen LogP contribution in [-0.2, 0) is 6.54 Å². The lowest BCUT2D eigenvalue weighted by atomic mass is 10.0. The second-order valence-corrected chi connectivity index (χ2v) is 5.37. The van der Waals surface area contributed by atoms with Gasteiger partial charge in [-0.3, -0.25) is 0 Å². The van der Waals surface area contributed by atoms with Crippen molar-refractivity contribution >= 4 is 0 Å². The average molecular weight is 271 g/mol. The van der Waals surface area contributed by atoms with E-state index in [0.717, 1.165) is 18.7 Å². The molecule has 1 aromatic heterocycles. The van der Waals surface area contributed by atoms with Crippen LogP contribution in [0.5, 0.6) is 11.8 Å². The van der Waals surface area contributed by atoms with Crippen molar-refractivity contribution in [2.75, 3.05) is 0 Å². The van der Waals surface area contributed by atoms with Crippen molar-refractivity contribution in [2.45, 2.75) is 39.3 Å². The first-order chi connectivity index (χ1) is 9.59. The highest BCUT2D eigenvalue weighted by Gasteiger charge is 2.13. The quantitative estimate of drug-likeness (QED) is 0.873. The largest absolute Gasteiger partial charge is 0.424 e. The third-order valence-electron chi connectivity index (χ3n) is 3.30. The van der Waals surface area contributed by atoms with Crippen molar-refractivity contribution in [3.05, 3.63) is 48.3 Å². The zero-order valence-electron chi connectivity index (χ0n) is 12.3. The van der Waals surface area contributed by atoms with Gasteiger partial charge in [0.2, 0.25) is 0 Å². The van der Waals surface area contributed by atoms with Crippen molar-refractivity contribution < 1.29 is 4.74 Å². The molecule has 106 valence electrons. The van der Waals surface area contributed by atoms with Gasteiger partial charge in [0, 0.05) is 24.5 Å². The first-order valence-corrected chi connectivity index (χ1v) is 6.88. The van der Waals surface area contributed by atoms with Crippen LogP contribution in [0.2, 0.25) is 0 Å². The number of benzene rings is 1. The molecule has 4 nitrogen and oxygen atoms in total. The van der Waals surface area contributed by atoms with E-state index >= 15 is 0 Å². The zero-order valence-corrected chi connectivity index (χ0v) is 12.3. The molecule has 1 N–H and O–H groups in total. The van der Waals surface area contributed by atoms with E-state index in [1.807, 2.05) is 18.2 Å². The van der Waals surface area contributed by atoms with Crippen molar-refractivity contribution in [1.29, 1.82) is 0 Å². The first kappa shape index (κ1) is 14.5. The van der Waals surface area contributed by atoms with Crippen LogP contribution >= 0.6 is 0 Å². The van der Waals surface area contributed by atoms with E-state index in [4.69, 9.17) is 4.74 Å². The Hall–Kier alpha value is -1.94. The summed E-state index contributed by atoms with van der Waals surface area (Å²) in [5.41, 5.74) is 1.32. The highest BCUT2D eigenvalue weighted by atomic mass is 16.5. The molecule has 0 fully saturated rings. The fraction of sp³-hybridized carbons (Fsp3) is 0.375. The Bertz CT molecular complexity index is 540. The third-order valence-corrected chi connectivity index (χ3v) is 3.30. The molecule has 1 heterocycles. The van der Waals surface area contributed by atoms with E-state index in [1.54, 1.807) is 18.5 Å². The molecule has 1 aromatic carbocycles. The van der Waals surface area contributed by atoms with Gasteiger partial charge in [-0.15, -0.1) is 0 Å². The molecule has 2 aromatic rings. The normalized spacial score (nSPS) is 11.3. The maximum atomic E-state index is 5.63. The molecule has 2 rings (SSSR count). The summed E-state index contributed by atoms with van der Waals surface area (Å²) in [6, 6.07) is 10.1. The van der Waals surface area contributed by atoms with Gasteiger partial charge in [0.25, 0.3) is 0 Å². The summed E-state index contributed by atoms with van der Waals surface area (Å²) in [4.78, 5) is 8.11. The first-order valence-electron chi connectivity index (χ1n) is 6.88. The smallest absolute Gasteiger partial charge is 0.321 e. The van der Waals surface area contributed by atoms with Gasteiger partial charge in [-0.25, -0.2) is 9.97 Å². The lowest BCUT2D eigenvalue weighted by molar-refractivity contribution is 0.374. The van der Waals surface area contributed by atoms with E-state index < -0.39 is 0 Å². The molecule has 0 saturated carbocycles. The second-order valence-electron chi connectivity index (χ2n) is 5.37. The van der Waals surface area contributed by atoms with E-state index in [0.29, 0.717) is 6.01 Å². The number of rotatable bonds is 6. The minimum Gasteiger partial charge on any atom is -0.424 e. The SMILES string of the molecule is CCC(C)(C)NCc1cccc(Oc2ncccn2)c1. The molecule has 0 aliphatic rings. The van der Waals surface area contributed by atoms with Gasteiger partial charge < -0.3 is 10.1 Å². The molecule has 0 bridgehead atoms. The summed E-state index contributed by atoms with van der Waals surface area (Å²) < 4.78 is 5.63. The van der Waals surface area contributed by atoms with E-state index in [9.17, 15) is 0 Å². The summed E-state index contributed by atoms with van der Waals surface area (Å²) in [5, 5.41) is 3.53. The lowest BCUT2D eigenvalue weighted by Gasteiger charge is -2.24. The summed E-state index contributed by atoms with van der Waals surface area (Å²) in [6.07, 6.45) is 4.41. The number of nitrogens with zero attached hydrogens (tertiary/aromatic N) is 2. The standard InChI is InChI=1S/C16H21N3O/c1-4-16(2,3)19-12-13-7-5-8-14(11-13)20-15-17-9-6-10-18-15/h5-11,19H,4,12H2,1-3H3. The lowest BCUT2D eigenvalue weighted by Crippen LogP contribution is -2.37. The Balaban J connectivity index is 2.01. The number of nitrogens with one attached hydrogen (secondary N) is 1. The number of hydrogen-bond donors (Lipinski definition) is 1. The summed E-state index contributed by atoms with van der Waals surface area (Å²) >= 11 is 0. The van der Waals surface area contributed by atoms with Gasteiger partial charge >= 0.3 is 6.01 Å². The van der Waals surface area contributed by atoms with E-state index in [1.165, 1.54) is 5.56 Å². The van der Waals surface area contributed by atoms with E-state index in [-0.39, 0.29) is 5.54 Å². The van der Waals surface area contributed by atoms with Crippen LogP contribution < -0.4 is 10.1 Å². The average Bonchev–Trinajstić information content (AvgIpc) is 2.47. The van der Waals surface area contributed by atoms with Crippen LogP contribution in [0.3, 0.4) is 0 Å². The Kier molecular flexibility index (Phi) is 4.69. The van der Waals surface area contributed by atoms with Crippen LogP contribution in [-0.4, -0.2) is 15.5 Å². The molecule has 0 aliphatic heterocycles. The second kappa shape index (κ2) is 6.48. The maximum Gasteiger partial charge on any atom is 0.321 e. The Morgan fingerprint density at radius 2 is 1.90 bits per heavy atom. The highest BCUT2D eigenvalue weighted by molar-refractivity contribution is 5.30. The number of aromatic nitrogens is 2. The zero-order chi connectivity index (χ0) is 14.4. The molecule has 0 amide bonds. The van der Waals surface area contributed by atoms with Crippen LogP contribution in [0.4, 0.5) is 0 Å². The summed E-state index contributed by atoms with van der Waals surface area (Å²) in [6.45, 7) is 7.39. The fourth-order valence-electron chi connectivity index (χ4n) is 1.63. The fourth-order valence-corrected chi connectivity index (χ4v) is 1.63. The van der Waals surface area contributed by atoms with Gasteiger partial charge in [-0.05, 0) is 44.0 Å². The molecule has 0 saturated heterocycles. The van der Waals surface area contributed by atoms with Crippen LogP contribution in [0.15, 0.2) is 42.7 Å². The van der Waals surface area contributed by atoms with Crippen molar-refractivity contribution in [1.82, 2.24) is 15.3 Å². The predicted octanol–water partition coefficient (Wildman–Crippen LogP) is 3.55. The monoisotopic (exact) mass is 271 g/mol. The topological polar surface area (TPSA) is 47.0 Å².